The molecular formula is C26H44NNaO3. The van der Waals surface area contributed by atoms with Crippen LogP contribution in [0.25, 0.3) is 0 Å². The van der Waals surface area contributed by atoms with Gasteiger partial charge in [0.05, 0.1) is 11.1 Å². The van der Waals surface area contributed by atoms with Crippen LogP contribution in [0.3, 0.4) is 0 Å². The molecule has 0 saturated heterocycles. The van der Waals surface area contributed by atoms with Gasteiger partial charge < -0.3 is 12.3 Å². The van der Waals surface area contributed by atoms with Crippen molar-refractivity contribution in [3.8, 4) is 0 Å². The molecule has 0 aliphatic heterocycles. The largest absolute Gasteiger partial charge is 1.00 e. The van der Waals surface area contributed by atoms with Crippen molar-refractivity contribution in [3.63, 3.8) is 0 Å². The number of amides is 1. The third kappa shape index (κ3) is 14.0. The number of carbonyl (C=O) groups excluding carboxylic acids is 1. The average molecular weight is 442 g/mol. The molecular weight excluding hydrogens is 397 g/mol. The molecule has 4 nitrogen and oxygen atoms in total. The van der Waals surface area contributed by atoms with Gasteiger partial charge in [-0.25, -0.2) is 4.79 Å². The second kappa shape index (κ2) is 19.8. The summed E-state index contributed by atoms with van der Waals surface area (Å²) in [4.78, 5) is 23.0. The number of hydrogen-bond acceptors (Lipinski definition) is 2. The van der Waals surface area contributed by atoms with E-state index in [0.717, 1.165) is 18.4 Å². The molecule has 1 aromatic carbocycles. The van der Waals surface area contributed by atoms with Gasteiger partial charge in [-0.05, 0) is 24.5 Å². The number of carbonyl (C=O) groups is 2. The van der Waals surface area contributed by atoms with Crippen molar-refractivity contribution in [1.29, 1.82) is 0 Å². The van der Waals surface area contributed by atoms with Crippen LogP contribution in [0.4, 0.5) is 0 Å². The Kier molecular flexibility index (Phi) is 19.3. The van der Waals surface area contributed by atoms with Gasteiger partial charge in [0.15, 0.2) is 0 Å². The molecule has 0 bridgehead atoms. The summed E-state index contributed by atoms with van der Waals surface area (Å²) < 4.78 is 0. The van der Waals surface area contributed by atoms with E-state index in [9.17, 15) is 14.7 Å². The predicted molar refractivity (Wildman–Crippen MR) is 126 cm³/mol. The van der Waals surface area contributed by atoms with Crippen LogP contribution >= 0.6 is 0 Å². The number of unbranched alkanes of at least 4 members (excludes halogenated alkanes) is 15. The summed E-state index contributed by atoms with van der Waals surface area (Å²) in [6.07, 6.45) is 21.8. The fraction of sp³-hybridized carbons (Fsp3) is 0.692. The van der Waals surface area contributed by atoms with Crippen molar-refractivity contribution in [2.24, 2.45) is 5.73 Å². The Hall–Kier alpha value is -0.840. The van der Waals surface area contributed by atoms with Crippen molar-refractivity contribution < 1.29 is 45.7 Å². The Morgan fingerprint density at radius 1 is 0.774 bits per heavy atom. The zero-order valence-corrected chi connectivity index (χ0v) is 22.1. The van der Waals surface area contributed by atoms with Crippen molar-refractivity contribution in [3.05, 3.63) is 34.9 Å². The molecule has 0 fully saturated rings. The molecule has 172 valence electrons. The smallest absolute Gasteiger partial charge is 1.00 e. The molecule has 3 N–H and O–H groups in total. The number of carboxylic acid groups (broad SMARTS) is 1. The van der Waals surface area contributed by atoms with E-state index < -0.39 is 11.9 Å². The third-order valence-electron chi connectivity index (χ3n) is 5.93. The first kappa shape index (κ1) is 30.2. The zero-order chi connectivity index (χ0) is 22.0. The molecule has 0 atom stereocenters. The number of aromatic carboxylic acids is 1. The Morgan fingerprint density at radius 2 is 1.19 bits per heavy atom. The van der Waals surface area contributed by atoms with Crippen molar-refractivity contribution in [1.82, 2.24) is 0 Å². The maximum Gasteiger partial charge on any atom is 1.00 e. The SMILES string of the molecule is CCCCCCCCCCCCCCCCCCc1cccc(C(=O)O)c1C(N)=O.[H-].[Na+]. The van der Waals surface area contributed by atoms with Crippen LogP contribution < -0.4 is 35.3 Å². The summed E-state index contributed by atoms with van der Waals surface area (Å²) in [5, 5.41) is 9.24. The van der Waals surface area contributed by atoms with E-state index in [1.807, 2.05) is 6.07 Å². The van der Waals surface area contributed by atoms with Gasteiger partial charge >= 0.3 is 35.5 Å². The zero-order valence-electron chi connectivity index (χ0n) is 21.1. The van der Waals surface area contributed by atoms with Gasteiger partial charge in [0.1, 0.15) is 0 Å². The molecule has 1 rings (SSSR count). The summed E-state index contributed by atoms with van der Waals surface area (Å²) >= 11 is 0. The summed E-state index contributed by atoms with van der Waals surface area (Å²) in [5.74, 6) is -1.75. The minimum absolute atomic E-state index is 0. The molecule has 1 aromatic rings. The minimum atomic E-state index is -1.10. The standard InChI is InChI=1S/C26H43NO3.Na.H/c1-2-3-4-5-6-7-8-9-10-11-12-13-14-15-16-17-19-22-20-18-21-23(26(29)30)24(22)25(27)28;;/h18,20-21H,2-17,19H2,1H3,(H2,27,28)(H,29,30);;/q;+1;-1. The Morgan fingerprint density at radius 3 is 1.58 bits per heavy atom. The molecule has 0 radical (unpaired) electrons. The monoisotopic (exact) mass is 441 g/mol. The molecule has 0 saturated carbocycles. The fourth-order valence-corrected chi connectivity index (χ4v) is 4.14. The summed E-state index contributed by atoms with van der Waals surface area (Å²) in [6.45, 7) is 2.27. The number of carboxylic acids is 1. The van der Waals surface area contributed by atoms with Gasteiger partial charge in [0, 0.05) is 0 Å². The second-order valence-electron chi connectivity index (χ2n) is 8.56. The molecule has 0 aliphatic carbocycles. The Bertz CT molecular complexity index is 625. The van der Waals surface area contributed by atoms with E-state index >= 15 is 0 Å². The van der Waals surface area contributed by atoms with Crippen LogP contribution in [0, 0.1) is 0 Å². The molecule has 0 unspecified atom stereocenters. The van der Waals surface area contributed by atoms with Crippen molar-refractivity contribution >= 4 is 11.9 Å². The first-order chi connectivity index (χ1) is 14.6. The summed E-state index contributed by atoms with van der Waals surface area (Å²) in [5.41, 5.74) is 6.35. The van der Waals surface area contributed by atoms with Crippen LogP contribution in [0.15, 0.2) is 18.2 Å². The minimum Gasteiger partial charge on any atom is -1.00 e. The van der Waals surface area contributed by atoms with Crippen molar-refractivity contribution in [2.45, 2.75) is 116 Å². The molecule has 5 heteroatoms. The number of nitrogens with two attached hydrogens (primary N) is 1. The molecule has 1 amide bonds. The Balaban J connectivity index is 0. The quantitative estimate of drug-likeness (QED) is 0.247. The first-order valence-electron chi connectivity index (χ1n) is 12.2. The van der Waals surface area contributed by atoms with Gasteiger partial charge in [-0.3, -0.25) is 4.79 Å². The van der Waals surface area contributed by atoms with Gasteiger partial charge in [0.25, 0.3) is 0 Å². The maximum atomic E-state index is 11.7. The number of rotatable bonds is 19. The van der Waals surface area contributed by atoms with Gasteiger partial charge in [-0.15, -0.1) is 0 Å². The second-order valence-corrected chi connectivity index (χ2v) is 8.56. The average Bonchev–Trinajstić information content (AvgIpc) is 2.73. The van der Waals surface area contributed by atoms with E-state index in [1.165, 1.54) is 96.0 Å². The van der Waals surface area contributed by atoms with Gasteiger partial charge in [-0.1, -0.05) is 115 Å². The van der Waals surface area contributed by atoms with Crippen LogP contribution in [0.2, 0.25) is 0 Å². The third-order valence-corrected chi connectivity index (χ3v) is 5.93. The summed E-state index contributed by atoms with van der Waals surface area (Å²) in [7, 11) is 0. The number of hydrogen-bond donors (Lipinski definition) is 2. The van der Waals surface area contributed by atoms with E-state index in [1.54, 1.807) is 6.07 Å². The van der Waals surface area contributed by atoms with Crippen molar-refractivity contribution in [2.75, 3.05) is 0 Å². The van der Waals surface area contributed by atoms with E-state index in [2.05, 4.69) is 6.92 Å². The van der Waals surface area contributed by atoms with Crippen LogP contribution in [0.5, 0.6) is 0 Å². The van der Waals surface area contributed by atoms with E-state index in [0.29, 0.717) is 6.42 Å². The van der Waals surface area contributed by atoms with Gasteiger partial charge in [0.2, 0.25) is 5.91 Å². The number of primary amides is 1. The van der Waals surface area contributed by atoms with E-state index in [4.69, 9.17) is 5.73 Å². The molecule has 0 heterocycles. The van der Waals surface area contributed by atoms with Crippen LogP contribution in [-0.2, 0) is 6.42 Å². The molecule has 31 heavy (non-hydrogen) atoms. The van der Waals surface area contributed by atoms with Gasteiger partial charge in [-0.2, -0.15) is 0 Å². The molecule has 0 aromatic heterocycles. The normalized spacial score (nSPS) is 10.6. The predicted octanol–water partition coefficient (Wildman–Crippen LogP) is 4.40. The maximum absolute atomic E-state index is 11.7. The number of benzene rings is 1. The topological polar surface area (TPSA) is 80.4 Å². The van der Waals surface area contributed by atoms with E-state index in [-0.39, 0.29) is 42.1 Å². The fourth-order valence-electron chi connectivity index (χ4n) is 4.14. The van der Waals surface area contributed by atoms with Crippen LogP contribution in [-0.4, -0.2) is 17.0 Å². The molecule has 0 aliphatic rings. The number of aryl methyl sites for hydroxylation is 1. The first-order valence-corrected chi connectivity index (χ1v) is 12.2. The summed E-state index contributed by atoms with van der Waals surface area (Å²) in [6, 6.07) is 4.95. The molecule has 0 spiro atoms. The Labute approximate surface area is 213 Å². The van der Waals surface area contributed by atoms with Crippen LogP contribution in [0.1, 0.15) is 137 Å².